The van der Waals surface area contributed by atoms with Gasteiger partial charge in [0.2, 0.25) is 0 Å². The molecule has 86 valence electrons. The van der Waals surface area contributed by atoms with Crippen molar-refractivity contribution in [1.82, 2.24) is 4.98 Å². The van der Waals surface area contributed by atoms with Gasteiger partial charge in [0.1, 0.15) is 5.82 Å². The maximum Gasteiger partial charge on any atom is 0.158 e. The van der Waals surface area contributed by atoms with Crippen molar-refractivity contribution in [2.24, 2.45) is 4.99 Å². The van der Waals surface area contributed by atoms with Gasteiger partial charge in [0, 0.05) is 17.2 Å². The van der Waals surface area contributed by atoms with Crippen molar-refractivity contribution in [1.29, 1.82) is 0 Å². The Balaban J connectivity index is 2.49. The van der Waals surface area contributed by atoms with Crippen molar-refractivity contribution in [2.75, 3.05) is 5.73 Å². The van der Waals surface area contributed by atoms with Gasteiger partial charge in [-0.05, 0) is 17.2 Å². The number of fused-ring (bicyclic) bond motifs is 3. The Morgan fingerprint density at radius 2 is 1.88 bits per heavy atom. The van der Waals surface area contributed by atoms with Crippen LogP contribution >= 0.6 is 0 Å². The number of nitrogens with two attached hydrogens (primary N) is 1. The lowest BCUT2D eigenvalue weighted by atomic mass is 9.78. The maximum atomic E-state index is 5.98. The molecule has 17 heavy (non-hydrogen) atoms. The quantitative estimate of drug-likeness (QED) is 0.748. The highest BCUT2D eigenvalue weighted by Crippen LogP contribution is 2.41. The smallest absolute Gasteiger partial charge is 0.158 e. The molecule has 0 radical (unpaired) electrons. The van der Waals surface area contributed by atoms with Gasteiger partial charge in [0.25, 0.3) is 0 Å². The second-order valence-electron chi connectivity index (χ2n) is 5.14. The molecule has 1 aliphatic heterocycles. The van der Waals surface area contributed by atoms with Crippen LogP contribution in [0.1, 0.15) is 25.8 Å². The summed E-state index contributed by atoms with van der Waals surface area (Å²) in [5.41, 5.74) is 7.26. The number of aromatic nitrogens is 1. The van der Waals surface area contributed by atoms with Crippen LogP contribution in [0.25, 0.3) is 10.8 Å². The van der Waals surface area contributed by atoms with Gasteiger partial charge in [-0.25, -0.2) is 9.98 Å². The predicted octanol–water partition coefficient (Wildman–Crippen LogP) is 3.20. The van der Waals surface area contributed by atoms with Crippen LogP contribution in [-0.2, 0) is 5.41 Å². The molecule has 2 N–H and O–H groups in total. The van der Waals surface area contributed by atoms with Crippen molar-refractivity contribution in [3.63, 3.8) is 0 Å². The third-order valence-electron chi connectivity index (χ3n) is 3.41. The summed E-state index contributed by atoms with van der Waals surface area (Å²) in [6, 6.07) is 8.16. The Hall–Kier alpha value is -1.90. The summed E-state index contributed by atoms with van der Waals surface area (Å²) >= 11 is 0. The van der Waals surface area contributed by atoms with Crippen molar-refractivity contribution < 1.29 is 0 Å². The van der Waals surface area contributed by atoms with Gasteiger partial charge in [-0.3, -0.25) is 0 Å². The molecule has 1 aliphatic rings. The highest BCUT2D eigenvalue weighted by atomic mass is 15.0. The zero-order valence-electron chi connectivity index (χ0n) is 10.1. The number of benzene rings is 1. The summed E-state index contributed by atoms with van der Waals surface area (Å²) in [5.74, 6) is 1.34. The van der Waals surface area contributed by atoms with E-state index in [1.54, 1.807) is 0 Å². The first kappa shape index (κ1) is 10.3. The summed E-state index contributed by atoms with van der Waals surface area (Å²) < 4.78 is 0. The minimum Gasteiger partial charge on any atom is -0.383 e. The minimum absolute atomic E-state index is 0.0669. The minimum atomic E-state index is 0.0669. The van der Waals surface area contributed by atoms with Crippen molar-refractivity contribution in [2.45, 2.75) is 25.7 Å². The summed E-state index contributed by atoms with van der Waals surface area (Å²) in [5, 5.41) is 2.20. The molecule has 0 spiro atoms. The van der Waals surface area contributed by atoms with E-state index < -0.39 is 0 Å². The standard InChI is InChI=1S/C14H15N3/c1-14(2)7-8-16-13-11(14)9-5-3-4-6-10(9)12(15)17-13/h3-6,8H,7H2,1-2H3,(H2,15,17). The summed E-state index contributed by atoms with van der Waals surface area (Å²) in [6.45, 7) is 4.45. The Bertz CT molecular complexity index is 627. The third kappa shape index (κ3) is 1.42. The van der Waals surface area contributed by atoms with Crippen LogP contribution in [0.5, 0.6) is 0 Å². The number of pyridine rings is 1. The van der Waals surface area contributed by atoms with E-state index in [0.717, 1.165) is 17.6 Å². The molecule has 2 heterocycles. The lowest BCUT2D eigenvalue weighted by molar-refractivity contribution is 0.552. The summed E-state index contributed by atoms with van der Waals surface area (Å²) in [6.07, 6.45) is 2.87. The van der Waals surface area contributed by atoms with Crippen molar-refractivity contribution in [3.05, 3.63) is 29.8 Å². The molecule has 0 amide bonds. The van der Waals surface area contributed by atoms with Gasteiger partial charge in [-0.2, -0.15) is 0 Å². The van der Waals surface area contributed by atoms with Crippen molar-refractivity contribution >= 4 is 28.6 Å². The van der Waals surface area contributed by atoms with Gasteiger partial charge in [-0.1, -0.05) is 38.1 Å². The van der Waals surface area contributed by atoms with Gasteiger partial charge in [0.15, 0.2) is 5.82 Å². The second-order valence-corrected chi connectivity index (χ2v) is 5.14. The number of nitrogens with zero attached hydrogens (tertiary/aromatic N) is 2. The number of rotatable bonds is 0. The first-order valence-electron chi connectivity index (χ1n) is 5.81. The van der Waals surface area contributed by atoms with Crippen molar-refractivity contribution in [3.8, 4) is 0 Å². The van der Waals surface area contributed by atoms with Crippen LogP contribution < -0.4 is 5.73 Å². The molecule has 1 aromatic carbocycles. The molecule has 3 rings (SSSR count). The zero-order chi connectivity index (χ0) is 12.0. The molecule has 0 aliphatic carbocycles. The Labute approximate surface area is 100 Å². The fourth-order valence-electron chi connectivity index (χ4n) is 2.50. The number of hydrogen-bond acceptors (Lipinski definition) is 3. The first-order valence-corrected chi connectivity index (χ1v) is 5.81. The highest BCUT2D eigenvalue weighted by Gasteiger charge is 2.29. The van der Waals surface area contributed by atoms with Crippen LogP contribution in [0.2, 0.25) is 0 Å². The Morgan fingerprint density at radius 3 is 2.65 bits per heavy atom. The highest BCUT2D eigenvalue weighted by molar-refractivity contribution is 5.97. The third-order valence-corrected chi connectivity index (χ3v) is 3.41. The molecular formula is C14H15N3. The summed E-state index contributed by atoms with van der Waals surface area (Å²) in [4.78, 5) is 8.80. The fourth-order valence-corrected chi connectivity index (χ4v) is 2.50. The van der Waals surface area contributed by atoms with Gasteiger partial charge < -0.3 is 5.73 Å². The van der Waals surface area contributed by atoms with E-state index in [2.05, 4.69) is 29.9 Å². The monoisotopic (exact) mass is 225 g/mol. The topological polar surface area (TPSA) is 51.3 Å². The number of aliphatic imine (C=N–C) groups is 1. The average molecular weight is 225 g/mol. The largest absolute Gasteiger partial charge is 0.383 e. The number of anilines is 1. The van der Waals surface area contributed by atoms with Gasteiger partial charge in [-0.15, -0.1) is 0 Å². The molecule has 3 nitrogen and oxygen atoms in total. The van der Waals surface area contributed by atoms with E-state index >= 15 is 0 Å². The van der Waals surface area contributed by atoms with E-state index in [0.29, 0.717) is 5.82 Å². The Kier molecular flexibility index (Phi) is 1.99. The van der Waals surface area contributed by atoms with E-state index in [4.69, 9.17) is 5.73 Å². The second kappa shape index (κ2) is 3.29. The molecule has 0 saturated carbocycles. The lowest BCUT2D eigenvalue weighted by Gasteiger charge is -2.29. The van der Waals surface area contributed by atoms with Crippen LogP contribution in [0.15, 0.2) is 29.3 Å². The summed E-state index contributed by atoms with van der Waals surface area (Å²) in [7, 11) is 0. The molecule has 0 bridgehead atoms. The average Bonchev–Trinajstić information content (AvgIpc) is 2.28. The van der Waals surface area contributed by atoms with E-state index in [1.807, 2.05) is 24.4 Å². The molecule has 0 unspecified atom stereocenters. The predicted molar refractivity (Wildman–Crippen MR) is 72.0 cm³/mol. The molecule has 0 atom stereocenters. The van der Waals surface area contributed by atoms with Crippen LogP contribution in [0.3, 0.4) is 0 Å². The molecule has 3 heteroatoms. The Morgan fingerprint density at radius 1 is 1.18 bits per heavy atom. The maximum absolute atomic E-state index is 5.98. The van der Waals surface area contributed by atoms with E-state index in [1.165, 1.54) is 10.9 Å². The SMILES string of the molecule is CC1(C)CC=Nc2nc(N)c3ccccc3c21. The molecule has 1 aromatic heterocycles. The van der Waals surface area contributed by atoms with Gasteiger partial charge in [0.05, 0.1) is 0 Å². The lowest BCUT2D eigenvalue weighted by Crippen LogP contribution is -2.21. The fraction of sp³-hybridized carbons (Fsp3) is 0.286. The number of hydrogen-bond donors (Lipinski definition) is 1. The molecule has 0 fully saturated rings. The zero-order valence-corrected chi connectivity index (χ0v) is 10.1. The first-order chi connectivity index (χ1) is 8.09. The molecular weight excluding hydrogens is 210 g/mol. The van der Waals surface area contributed by atoms with Crippen LogP contribution in [0.4, 0.5) is 11.6 Å². The normalized spacial score (nSPS) is 17.1. The van der Waals surface area contributed by atoms with Crippen LogP contribution in [0, 0.1) is 0 Å². The van der Waals surface area contributed by atoms with Crippen LogP contribution in [-0.4, -0.2) is 11.2 Å². The van der Waals surface area contributed by atoms with E-state index in [9.17, 15) is 0 Å². The molecule has 2 aromatic rings. The molecule has 0 saturated heterocycles. The number of nitrogen functional groups attached to an aromatic ring is 1. The van der Waals surface area contributed by atoms with Gasteiger partial charge >= 0.3 is 0 Å². The van der Waals surface area contributed by atoms with E-state index in [-0.39, 0.29) is 5.41 Å².